The second kappa shape index (κ2) is 4.93. The molecule has 1 aliphatic rings. The molecule has 0 atom stereocenters. The summed E-state index contributed by atoms with van der Waals surface area (Å²) in [5.74, 6) is 1.72. The summed E-state index contributed by atoms with van der Waals surface area (Å²) in [5.41, 5.74) is 7.36. The fourth-order valence-corrected chi connectivity index (χ4v) is 4.07. The van der Waals surface area contributed by atoms with Gasteiger partial charge in [0.2, 0.25) is 0 Å². The van der Waals surface area contributed by atoms with E-state index >= 15 is 0 Å². The number of nitrogens with two attached hydrogens (primary N) is 1. The predicted octanol–water partition coefficient (Wildman–Crippen LogP) is 3.82. The molecule has 0 saturated carbocycles. The maximum atomic E-state index is 5.94. The number of hydrogen-bond donors (Lipinski definition) is 1. The van der Waals surface area contributed by atoms with Gasteiger partial charge in [0.1, 0.15) is 0 Å². The molecule has 1 aliphatic heterocycles. The van der Waals surface area contributed by atoms with Crippen molar-refractivity contribution in [2.45, 2.75) is 39.2 Å². The lowest BCUT2D eigenvalue weighted by atomic mass is 9.85. The summed E-state index contributed by atoms with van der Waals surface area (Å²) in [7, 11) is 0. The second-order valence-electron chi connectivity index (χ2n) is 6.20. The standard InChI is InChI=1S/C16H21NO2S/c1-16(2,3)15-10-7-11-12(19-6-4-5-18-11)8-13(10)20-14(15)9-17/h7-8H,4-6,9,17H2,1-3H3. The maximum absolute atomic E-state index is 5.94. The van der Waals surface area contributed by atoms with Gasteiger partial charge in [-0.3, -0.25) is 0 Å². The first kappa shape index (κ1) is 13.7. The molecule has 108 valence electrons. The molecule has 1 aromatic heterocycles. The first-order valence-electron chi connectivity index (χ1n) is 7.06. The van der Waals surface area contributed by atoms with E-state index in [9.17, 15) is 0 Å². The van der Waals surface area contributed by atoms with E-state index in [0.29, 0.717) is 6.54 Å². The summed E-state index contributed by atoms with van der Waals surface area (Å²) < 4.78 is 12.8. The molecule has 0 saturated heterocycles. The second-order valence-corrected chi connectivity index (χ2v) is 7.34. The van der Waals surface area contributed by atoms with Gasteiger partial charge in [-0.2, -0.15) is 0 Å². The maximum Gasteiger partial charge on any atom is 0.162 e. The quantitative estimate of drug-likeness (QED) is 0.868. The van der Waals surface area contributed by atoms with Crippen LogP contribution in [0.3, 0.4) is 0 Å². The van der Waals surface area contributed by atoms with E-state index in [2.05, 4.69) is 32.9 Å². The third kappa shape index (κ3) is 2.27. The summed E-state index contributed by atoms with van der Waals surface area (Å²) in [5, 5.41) is 1.26. The number of rotatable bonds is 1. The number of fused-ring (bicyclic) bond motifs is 2. The Morgan fingerprint density at radius 2 is 1.80 bits per heavy atom. The van der Waals surface area contributed by atoms with Gasteiger partial charge in [-0.15, -0.1) is 11.3 Å². The van der Waals surface area contributed by atoms with Gasteiger partial charge in [0.15, 0.2) is 11.5 Å². The first-order valence-corrected chi connectivity index (χ1v) is 7.88. The van der Waals surface area contributed by atoms with Crippen molar-refractivity contribution in [3.05, 3.63) is 22.6 Å². The van der Waals surface area contributed by atoms with Gasteiger partial charge >= 0.3 is 0 Å². The average Bonchev–Trinajstić information content (AvgIpc) is 2.59. The lowest BCUT2D eigenvalue weighted by molar-refractivity contribution is 0.297. The van der Waals surface area contributed by atoms with Crippen molar-refractivity contribution < 1.29 is 9.47 Å². The molecule has 2 N–H and O–H groups in total. The minimum absolute atomic E-state index is 0.0762. The number of benzene rings is 1. The highest BCUT2D eigenvalue weighted by atomic mass is 32.1. The molecule has 20 heavy (non-hydrogen) atoms. The molecule has 0 unspecified atom stereocenters. The van der Waals surface area contributed by atoms with Crippen molar-refractivity contribution in [2.24, 2.45) is 5.73 Å². The lowest BCUT2D eigenvalue weighted by Gasteiger charge is -2.20. The zero-order chi connectivity index (χ0) is 14.3. The molecule has 4 heteroatoms. The Morgan fingerprint density at radius 3 is 2.40 bits per heavy atom. The van der Waals surface area contributed by atoms with Crippen LogP contribution in [-0.4, -0.2) is 13.2 Å². The van der Waals surface area contributed by atoms with Crippen LogP contribution >= 0.6 is 11.3 Å². The molecule has 0 aliphatic carbocycles. The van der Waals surface area contributed by atoms with Crippen molar-refractivity contribution in [2.75, 3.05) is 13.2 Å². The molecular formula is C16H21NO2S. The van der Waals surface area contributed by atoms with Crippen LogP contribution in [0.5, 0.6) is 11.5 Å². The van der Waals surface area contributed by atoms with E-state index in [1.54, 1.807) is 11.3 Å². The van der Waals surface area contributed by atoms with Crippen molar-refractivity contribution in [1.29, 1.82) is 0 Å². The molecule has 0 radical (unpaired) electrons. The SMILES string of the molecule is CC(C)(C)c1c(CN)sc2cc3c(cc12)OCCCO3. The number of ether oxygens (including phenoxy) is 2. The zero-order valence-corrected chi connectivity index (χ0v) is 13.1. The minimum atomic E-state index is 0.0762. The lowest BCUT2D eigenvalue weighted by Crippen LogP contribution is -2.14. The highest BCUT2D eigenvalue weighted by molar-refractivity contribution is 7.19. The number of thiophene rings is 1. The monoisotopic (exact) mass is 291 g/mol. The van der Waals surface area contributed by atoms with Gasteiger partial charge in [0.05, 0.1) is 13.2 Å². The van der Waals surface area contributed by atoms with Gasteiger partial charge in [-0.25, -0.2) is 0 Å². The zero-order valence-electron chi connectivity index (χ0n) is 12.3. The van der Waals surface area contributed by atoms with Gasteiger partial charge in [0.25, 0.3) is 0 Å². The number of hydrogen-bond acceptors (Lipinski definition) is 4. The fraction of sp³-hybridized carbons (Fsp3) is 0.500. The fourth-order valence-electron chi connectivity index (χ4n) is 2.77. The summed E-state index contributed by atoms with van der Waals surface area (Å²) in [4.78, 5) is 1.26. The van der Waals surface area contributed by atoms with Crippen LogP contribution in [0.4, 0.5) is 0 Å². The summed E-state index contributed by atoms with van der Waals surface area (Å²) in [6.07, 6.45) is 0.933. The van der Waals surface area contributed by atoms with E-state index in [4.69, 9.17) is 15.2 Å². The first-order chi connectivity index (χ1) is 9.50. The molecule has 3 rings (SSSR count). The molecule has 2 heterocycles. The predicted molar refractivity (Wildman–Crippen MR) is 84.0 cm³/mol. The molecule has 3 nitrogen and oxygen atoms in total. The highest BCUT2D eigenvalue weighted by Gasteiger charge is 2.25. The van der Waals surface area contributed by atoms with Gasteiger partial charge in [-0.1, -0.05) is 20.8 Å². The van der Waals surface area contributed by atoms with Crippen molar-refractivity contribution in [1.82, 2.24) is 0 Å². The Hall–Kier alpha value is -1.26. The Labute approximate surface area is 123 Å². The molecule has 0 amide bonds. The van der Waals surface area contributed by atoms with Crippen LogP contribution in [0.15, 0.2) is 12.1 Å². The molecule has 1 aromatic carbocycles. The van der Waals surface area contributed by atoms with Gasteiger partial charge in [-0.05, 0) is 17.0 Å². The van der Waals surface area contributed by atoms with Crippen LogP contribution in [0.2, 0.25) is 0 Å². The van der Waals surface area contributed by atoms with Crippen LogP contribution < -0.4 is 15.2 Å². The Balaban J connectivity index is 2.25. The van der Waals surface area contributed by atoms with Crippen LogP contribution in [0, 0.1) is 0 Å². The van der Waals surface area contributed by atoms with Crippen LogP contribution in [0.25, 0.3) is 10.1 Å². The topological polar surface area (TPSA) is 44.5 Å². The Kier molecular flexibility index (Phi) is 3.38. The molecular weight excluding hydrogens is 270 g/mol. The Bertz CT molecular complexity index is 640. The normalized spacial score (nSPS) is 15.4. The van der Waals surface area contributed by atoms with Crippen molar-refractivity contribution >= 4 is 21.4 Å². The van der Waals surface area contributed by atoms with Crippen molar-refractivity contribution in [3.63, 3.8) is 0 Å². The smallest absolute Gasteiger partial charge is 0.162 e. The van der Waals surface area contributed by atoms with E-state index in [0.717, 1.165) is 31.1 Å². The van der Waals surface area contributed by atoms with E-state index in [1.165, 1.54) is 20.5 Å². The molecule has 0 bridgehead atoms. The third-order valence-electron chi connectivity index (χ3n) is 3.57. The third-order valence-corrected chi connectivity index (χ3v) is 4.74. The summed E-state index contributed by atoms with van der Waals surface area (Å²) in [6.45, 7) is 8.72. The molecule has 0 fully saturated rings. The largest absolute Gasteiger partial charge is 0.490 e. The summed E-state index contributed by atoms with van der Waals surface area (Å²) in [6, 6.07) is 4.24. The highest BCUT2D eigenvalue weighted by Crippen LogP contribution is 2.44. The molecule has 2 aromatic rings. The van der Waals surface area contributed by atoms with E-state index in [-0.39, 0.29) is 5.41 Å². The minimum Gasteiger partial charge on any atom is -0.490 e. The van der Waals surface area contributed by atoms with E-state index < -0.39 is 0 Å². The Morgan fingerprint density at radius 1 is 1.15 bits per heavy atom. The van der Waals surface area contributed by atoms with Gasteiger partial charge < -0.3 is 15.2 Å². The van der Waals surface area contributed by atoms with Crippen LogP contribution in [-0.2, 0) is 12.0 Å². The average molecular weight is 291 g/mol. The van der Waals surface area contributed by atoms with E-state index in [1.807, 2.05) is 0 Å². The summed E-state index contributed by atoms with van der Waals surface area (Å²) >= 11 is 1.77. The van der Waals surface area contributed by atoms with Gasteiger partial charge in [0, 0.05) is 34.0 Å². The molecule has 0 spiro atoms. The van der Waals surface area contributed by atoms with Crippen LogP contribution in [0.1, 0.15) is 37.6 Å². The van der Waals surface area contributed by atoms with Crippen molar-refractivity contribution in [3.8, 4) is 11.5 Å².